The van der Waals surface area contributed by atoms with Gasteiger partial charge in [-0.3, -0.25) is 4.79 Å². The fourth-order valence-electron chi connectivity index (χ4n) is 2.06. The lowest BCUT2D eigenvalue weighted by molar-refractivity contribution is -0.136. The number of carbonyl (C=O) groups is 1. The summed E-state index contributed by atoms with van der Waals surface area (Å²) in [4.78, 5) is 11.3. The molecule has 3 heteroatoms. The first kappa shape index (κ1) is 10.8. The van der Waals surface area contributed by atoms with Gasteiger partial charge in [0.05, 0.1) is 5.92 Å². The Hall–Kier alpha value is -0.313. The highest BCUT2D eigenvalue weighted by molar-refractivity contribution is 6.76. The highest BCUT2D eigenvalue weighted by Crippen LogP contribution is 2.29. The lowest BCUT2D eigenvalue weighted by atomic mass is 9.82. The third kappa shape index (κ3) is 2.56. The van der Waals surface area contributed by atoms with Gasteiger partial charge >= 0.3 is 0 Å². The lowest BCUT2D eigenvalue weighted by Gasteiger charge is -2.42. The fraction of sp³-hybridized carbons (Fsp3) is 0.900. The molecule has 1 N–H and O–H groups in total. The predicted octanol–water partition coefficient (Wildman–Crippen LogP) is 2.10. The Morgan fingerprint density at radius 2 is 1.92 bits per heavy atom. The number of amides is 1. The van der Waals surface area contributed by atoms with Crippen LogP contribution in [0.4, 0.5) is 0 Å². The second kappa shape index (κ2) is 3.44. The van der Waals surface area contributed by atoms with E-state index in [4.69, 9.17) is 0 Å². The zero-order valence-electron chi connectivity index (χ0n) is 9.35. The second-order valence-electron chi connectivity index (χ2n) is 5.65. The molecule has 2 nitrogen and oxygen atoms in total. The molecular weight excluding hydrogens is 178 g/mol. The molecule has 1 fully saturated rings. The van der Waals surface area contributed by atoms with Crippen LogP contribution in [0, 0.1) is 11.8 Å². The van der Waals surface area contributed by atoms with Gasteiger partial charge in [0.15, 0.2) is 0 Å². The van der Waals surface area contributed by atoms with Gasteiger partial charge in [-0.2, -0.15) is 0 Å². The molecule has 1 amide bonds. The van der Waals surface area contributed by atoms with E-state index in [0.29, 0.717) is 12.0 Å². The Morgan fingerprint density at radius 1 is 1.38 bits per heavy atom. The van der Waals surface area contributed by atoms with E-state index in [-0.39, 0.29) is 11.8 Å². The van der Waals surface area contributed by atoms with Crippen molar-refractivity contribution >= 4 is 14.0 Å². The normalized spacial score (nSPS) is 28.6. The molecule has 2 atom stereocenters. The number of nitrogens with one attached hydrogen (secondary N) is 1. The van der Waals surface area contributed by atoms with Crippen LogP contribution in [0.2, 0.25) is 25.7 Å². The molecule has 1 saturated heterocycles. The molecule has 0 saturated carbocycles. The molecule has 0 aromatic heterocycles. The summed E-state index contributed by atoms with van der Waals surface area (Å²) in [5.74, 6) is 1.04. The fourth-order valence-corrected chi connectivity index (χ4v) is 3.74. The van der Waals surface area contributed by atoms with Crippen LogP contribution in [0.15, 0.2) is 0 Å². The van der Waals surface area contributed by atoms with Gasteiger partial charge in [0.1, 0.15) is 0 Å². The molecule has 0 aliphatic carbocycles. The highest BCUT2D eigenvalue weighted by Gasteiger charge is 2.42. The molecule has 1 heterocycles. The predicted molar refractivity (Wildman–Crippen MR) is 58.4 cm³/mol. The topological polar surface area (TPSA) is 29.1 Å². The zero-order chi connectivity index (χ0) is 10.2. The Labute approximate surface area is 82.1 Å². The van der Waals surface area contributed by atoms with Gasteiger partial charge < -0.3 is 5.32 Å². The maximum Gasteiger partial charge on any atom is 0.225 e. The van der Waals surface area contributed by atoms with E-state index in [1.807, 2.05) is 0 Å². The first-order valence-corrected chi connectivity index (χ1v) is 8.82. The minimum Gasteiger partial charge on any atom is -0.353 e. The molecule has 0 spiro atoms. The number of β-lactam (4-membered cyclic amide) rings is 1. The Morgan fingerprint density at radius 3 is 2.23 bits per heavy atom. The van der Waals surface area contributed by atoms with E-state index in [1.165, 1.54) is 6.04 Å². The summed E-state index contributed by atoms with van der Waals surface area (Å²) in [6.07, 6.45) is 0. The van der Waals surface area contributed by atoms with Crippen molar-refractivity contribution in [1.29, 1.82) is 0 Å². The third-order valence-electron chi connectivity index (χ3n) is 2.61. The SMILES string of the molecule is CC(C)[C@@H]1C(=O)N[C@@H]1C[Si](C)(C)C. The first-order valence-electron chi connectivity index (χ1n) is 5.11. The van der Waals surface area contributed by atoms with Gasteiger partial charge in [-0.1, -0.05) is 33.5 Å². The van der Waals surface area contributed by atoms with Crippen LogP contribution in [0.5, 0.6) is 0 Å². The van der Waals surface area contributed by atoms with Crippen LogP contribution in [0.1, 0.15) is 13.8 Å². The van der Waals surface area contributed by atoms with Crippen LogP contribution in [-0.4, -0.2) is 20.0 Å². The second-order valence-corrected chi connectivity index (χ2v) is 11.2. The molecule has 0 radical (unpaired) electrons. The zero-order valence-corrected chi connectivity index (χ0v) is 10.3. The highest BCUT2D eigenvalue weighted by atomic mass is 28.3. The summed E-state index contributed by atoms with van der Waals surface area (Å²) >= 11 is 0. The van der Waals surface area contributed by atoms with Gasteiger partial charge in [-0.25, -0.2) is 0 Å². The number of rotatable bonds is 3. The van der Waals surface area contributed by atoms with Gasteiger partial charge in [-0.05, 0) is 12.0 Å². The van der Waals surface area contributed by atoms with Crippen LogP contribution in [-0.2, 0) is 4.79 Å². The lowest BCUT2D eigenvalue weighted by Crippen LogP contribution is -2.61. The van der Waals surface area contributed by atoms with Crippen molar-refractivity contribution in [2.24, 2.45) is 11.8 Å². The molecule has 76 valence electrons. The quantitative estimate of drug-likeness (QED) is 0.547. The van der Waals surface area contributed by atoms with Gasteiger partial charge in [0.25, 0.3) is 0 Å². The van der Waals surface area contributed by atoms with Crippen molar-refractivity contribution in [3.8, 4) is 0 Å². The smallest absolute Gasteiger partial charge is 0.225 e. The van der Waals surface area contributed by atoms with Crippen LogP contribution in [0.3, 0.4) is 0 Å². The van der Waals surface area contributed by atoms with Gasteiger partial charge in [0, 0.05) is 14.1 Å². The van der Waals surface area contributed by atoms with E-state index in [0.717, 1.165) is 0 Å². The molecular formula is C10H21NOSi. The van der Waals surface area contributed by atoms with E-state index < -0.39 is 8.07 Å². The Bertz CT molecular complexity index is 207. The van der Waals surface area contributed by atoms with Crippen LogP contribution in [0.25, 0.3) is 0 Å². The number of hydrogen-bond acceptors (Lipinski definition) is 1. The largest absolute Gasteiger partial charge is 0.353 e. The minimum absolute atomic E-state index is 0.262. The number of hydrogen-bond donors (Lipinski definition) is 1. The van der Waals surface area contributed by atoms with E-state index in [1.54, 1.807) is 0 Å². The van der Waals surface area contributed by atoms with Crippen molar-refractivity contribution < 1.29 is 4.79 Å². The maximum absolute atomic E-state index is 11.3. The summed E-state index contributed by atoms with van der Waals surface area (Å²) in [5.41, 5.74) is 0. The molecule has 0 bridgehead atoms. The van der Waals surface area contributed by atoms with Crippen molar-refractivity contribution in [1.82, 2.24) is 5.32 Å². The molecule has 13 heavy (non-hydrogen) atoms. The molecule has 0 aromatic rings. The van der Waals surface area contributed by atoms with E-state index in [2.05, 4.69) is 38.8 Å². The average molecular weight is 199 g/mol. The standard InChI is InChI=1S/C10H21NOSi/c1-7(2)9-8(11-10(9)12)6-13(3,4)5/h7-9H,6H2,1-5H3,(H,11,12)/t8-,9+/m1/s1. The summed E-state index contributed by atoms with van der Waals surface area (Å²) in [6, 6.07) is 1.70. The molecule has 1 aliphatic heterocycles. The minimum atomic E-state index is -1.02. The molecule has 1 aliphatic rings. The van der Waals surface area contributed by atoms with Crippen molar-refractivity contribution in [2.75, 3.05) is 0 Å². The monoisotopic (exact) mass is 199 g/mol. The molecule has 0 aromatic carbocycles. The summed E-state index contributed by atoms with van der Waals surface area (Å²) < 4.78 is 0. The summed E-state index contributed by atoms with van der Waals surface area (Å²) in [6.45, 7) is 11.3. The van der Waals surface area contributed by atoms with E-state index >= 15 is 0 Å². The van der Waals surface area contributed by atoms with Crippen molar-refractivity contribution in [3.63, 3.8) is 0 Å². The third-order valence-corrected chi connectivity index (χ3v) is 4.28. The average Bonchev–Trinajstić information content (AvgIpc) is 1.80. The molecule has 1 rings (SSSR count). The van der Waals surface area contributed by atoms with Gasteiger partial charge in [-0.15, -0.1) is 0 Å². The summed E-state index contributed by atoms with van der Waals surface area (Å²) in [5, 5.41) is 3.03. The summed E-state index contributed by atoms with van der Waals surface area (Å²) in [7, 11) is -1.02. The first-order chi connectivity index (χ1) is 5.81. The Kier molecular flexibility index (Phi) is 2.85. The van der Waals surface area contributed by atoms with Crippen LogP contribution >= 0.6 is 0 Å². The van der Waals surface area contributed by atoms with Crippen molar-refractivity contribution in [3.05, 3.63) is 0 Å². The van der Waals surface area contributed by atoms with Gasteiger partial charge in [0.2, 0.25) is 5.91 Å². The number of carbonyl (C=O) groups excluding carboxylic acids is 1. The van der Waals surface area contributed by atoms with E-state index in [9.17, 15) is 4.79 Å². The maximum atomic E-state index is 11.3. The molecule has 0 unspecified atom stereocenters. The van der Waals surface area contributed by atoms with Crippen molar-refractivity contribution in [2.45, 2.75) is 45.6 Å². The Balaban J connectivity index is 2.50. The van der Waals surface area contributed by atoms with Crippen LogP contribution < -0.4 is 5.32 Å².